The van der Waals surface area contributed by atoms with Crippen LogP contribution in [0, 0.1) is 13.8 Å². The monoisotopic (exact) mass is 302 g/mol. The van der Waals surface area contributed by atoms with Crippen LogP contribution in [0.3, 0.4) is 0 Å². The van der Waals surface area contributed by atoms with E-state index in [9.17, 15) is 4.79 Å². The summed E-state index contributed by atoms with van der Waals surface area (Å²) in [6.07, 6.45) is 5.40. The van der Waals surface area contributed by atoms with Gasteiger partial charge in [-0.05, 0) is 53.9 Å². The topological polar surface area (TPSA) is 45.8 Å². The number of aromatic nitrogens is 2. The Kier molecular flexibility index (Phi) is 4.20. The molecule has 2 aromatic carbocycles. The lowest BCUT2D eigenvalue weighted by molar-refractivity contribution is 1.27. The minimum atomic E-state index is -0.0174. The Morgan fingerprint density at radius 1 is 0.826 bits per heavy atom. The van der Waals surface area contributed by atoms with Gasteiger partial charge in [0.15, 0.2) is 0 Å². The molecule has 4 aromatic rings. The number of hydrogen-bond donors (Lipinski definition) is 1. The first-order valence-electron chi connectivity index (χ1n) is 7.53. The van der Waals surface area contributed by atoms with Crippen LogP contribution in [0.2, 0.25) is 0 Å². The van der Waals surface area contributed by atoms with Gasteiger partial charge in [0.1, 0.15) is 0 Å². The standard InChI is InChI=1S/C10H9NO.C10H9N/c1-7-3-2-4-9-8(7)5-6-11-10(9)12;1-8-3-2-4-9-7-11-6-5-10(8)9/h2-6H,1H3,(H,11,12);2-7H,1H3. The van der Waals surface area contributed by atoms with Crippen molar-refractivity contribution in [3.63, 3.8) is 0 Å². The number of nitrogens with zero attached hydrogens (tertiary/aromatic N) is 1. The van der Waals surface area contributed by atoms with Crippen molar-refractivity contribution in [2.24, 2.45) is 0 Å². The van der Waals surface area contributed by atoms with Gasteiger partial charge in [-0.1, -0.05) is 30.3 Å². The number of pyridine rings is 2. The maximum Gasteiger partial charge on any atom is 0.255 e. The summed E-state index contributed by atoms with van der Waals surface area (Å²) in [6, 6.07) is 15.9. The highest BCUT2D eigenvalue weighted by molar-refractivity contribution is 5.85. The summed E-state index contributed by atoms with van der Waals surface area (Å²) in [5, 5.41) is 4.30. The molecule has 0 bridgehead atoms. The van der Waals surface area contributed by atoms with Crippen LogP contribution in [0.4, 0.5) is 0 Å². The molecule has 0 aliphatic rings. The van der Waals surface area contributed by atoms with Gasteiger partial charge in [-0.25, -0.2) is 0 Å². The second-order valence-electron chi connectivity index (χ2n) is 5.51. The molecule has 0 aliphatic carbocycles. The quantitative estimate of drug-likeness (QED) is 0.524. The molecule has 0 spiro atoms. The van der Waals surface area contributed by atoms with Crippen molar-refractivity contribution >= 4 is 21.5 Å². The van der Waals surface area contributed by atoms with Gasteiger partial charge in [-0.2, -0.15) is 0 Å². The fraction of sp³-hybridized carbons (Fsp3) is 0.100. The van der Waals surface area contributed by atoms with Gasteiger partial charge in [0.2, 0.25) is 0 Å². The van der Waals surface area contributed by atoms with E-state index in [1.807, 2.05) is 49.6 Å². The molecule has 1 N–H and O–H groups in total. The highest BCUT2D eigenvalue weighted by atomic mass is 16.1. The van der Waals surface area contributed by atoms with Gasteiger partial charge >= 0.3 is 0 Å². The Morgan fingerprint density at radius 3 is 2.30 bits per heavy atom. The summed E-state index contributed by atoms with van der Waals surface area (Å²) >= 11 is 0. The predicted octanol–water partition coefficient (Wildman–Crippen LogP) is 4.38. The predicted molar refractivity (Wildman–Crippen MR) is 95.8 cm³/mol. The third-order valence-corrected chi connectivity index (χ3v) is 3.93. The van der Waals surface area contributed by atoms with Gasteiger partial charge in [0.05, 0.1) is 0 Å². The lowest BCUT2D eigenvalue weighted by atomic mass is 10.1. The second-order valence-corrected chi connectivity index (χ2v) is 5.51. The highest BCUT2D eigenvalue weighted by Gasteiger charge is 1.97. The van der Waals surface area contributed by atoms with Crippen molar-refractivity contribution in [2.75, 3.05) is 0 Å². The van der Waals surface area contributed by atoms with Crippen LogP contribution in [-0.4, -0.2) is 9.97 Å². The first-order chi connectivity index (χ1) is 11.2. The fourth-order valence-corrected chi connectivity index (χ4v) is 2.66. The smallest absolute Gasteiger partial charge is 0.255 e. The number of rotatable bonds is 0. The van der Waals surface area contributed by atoms with Crippen LogP contribution in [-0.2, 0) is 0 Å². The maximum atomic E-state index is 11.3. The Bertz CT molecular complexity index is 1010. The molecule has 0 atom stereocenters. The van der Waals surface area contributed by atoms with E-state index in [-0.39, 0.29) is 5.56 Å². The highest BCUT2D eigenvalue weighted by Crippen LogP contribution is 2.15. The SMILES string of the molecule is Cc1cccc2c(=O)[nH]ccc12.Cc1cccc2cnccc12. The molecule has 0 amide bonds. The van der Waals surface area contributed by atoms with Crippen LogP contribution >= 0.6 is 0 Å². The first kappa shape index (κ1) is 15.0. The minimum absolute atomic E-state index is 0.0174. The van der Waals surface area contributed by atoms with Crippen molar-refractivity contribution < 1.29 is 0 Å². The molecule has 3 heteroatoms. The maximum absolute atomic E-state index is 11.3. The molecular weight excluding hydrogens is 284 g/mol. The van der Waals surface area contributed by atoms with Crippen molar-refractivity contribution in [3.8, 4) is 0 Å². The molecular formula is C20H18N2O. The van der Waals surface area contributed by atoms with E-state index >= 15 is 0 Å². The number of H-pyrrole nitrogens is 1. The Balaban J connectivity index is 0.000000136. The average molecular weight is 302 g/mol. The van der Waals surface area contributed by atoms with E-state index in [0.29, 0.717) is 0 Å². The van der Waals surface area contributed by atoms with Crippen molar-refractivity contribution in [1.29, 1.82) is 0 Å². The van der Waals surface area contributed by atoms with E-state index in [0.717, 1.165) is 16.3 Å². The van der Waals surface area contributed by atoms with Crippen molar-refractivity contribution in [3.05, 3.63) is 88.6 Å². The second kappa shape index (κ2) is 6.44. The molecule has 3 nitrogen and oxygen atoms in total. The number of benzene rings is 2. The Labute approximate surface area is 134 Å². The number of aryl methyl sites for hydroxylation is 2. The summed E-state index contributed by atoms with van der Waals surface area (Å²) in [4.78, 5) is 18.0. The van der Waals surface area contributed by atoms with E-state index < -0.39 is 0 Å². The molecule has 0 radical (unpaired) electrons. The third kappa shape index (κ3) is 3.14. The van der Waals surface area contributed by atoms with Crippen molar-refractivity contribution in [2.45, 2.75) is 13.8 Å². The molecule has 2 aromatic heterocycles. The molecule has 2 heterocycles. The third-order valence-electron chi connectivity index (χ3n) is 3.93. The first-order valence-corrected chi connectivity index (χ1v) is 7.53. The zero-order chi connectivity index (χ0) is 16.2. The van der Waals surface area contributed by atoms with E-state index in [1.54, 1.807) is 6.20 Å². The Hall–Kier alpha value is -2.94. The van der Waals surface area contributed by atoms with E-state index in [1.165, 1.54) is 16.3 Å². The van der Waals surface area contributed by atoms with Gasteiger partial charge in [0, 0.05) is 29.4 Å². The summed E-state index contributed by atoms with van der Waals surface area (Å²) < 4.78 is 0. The average Bonchev–Trinajstić information content (AvgIpc) is 2.57. The Morgan fingerprint density at radius 2 is 1.57 bits per heavy atom. The summed E-state index contributed by atoms with van der Waals surface area (Å²) in [5.74, 6) is 0. The van der Waals surface area contributed by atoms with Gasteiger partial charge in [0.25, 0.3) is 5.56 Å². The summed E-state index contributed by atoms with van der Waals surface area (Å²) in [7, 11) is 0. The van der Waals surface area contributed by atoms with Crippen molar-refractivity contribution in [1.82, 2.24) is 9.97 Å². The van der Waals surface area contributed by atoms with Gasteiger partial charge in [-0.15, -0.1) is 0 Å². The molecule has 0 saturated carbocycles. The normalized spacial score (nSPS) is 10.3. The molecule has 0 aliphatic heterocycles. The van der Waals surface area contributed by atoms with Gasteiger partial charge < -0.3 is 4.98 Å². The zero-order valence-corrected chi connectivity index (χ0v) is 13.2. The molecule has 4 rings (SSSR count). The van der Waals surface area contributed by atoms with E-state index in [4.69, 9.17) is 0 Å². The fourth-order valence-electron chi connectivity index (χ4n) is 2.66. The van der Waals surface area contributed by atoms with E-state index in [2.05, 4.69) is 35.1 Å². The zero-order valence-electron chi connectivity index (χ0n) is 13.2. The van der Waals surface area contributed by atoms with Crippen LogP contribution < -0.4 is 5.56 Å². The van der Waals surface area contributed by atoms with Gasteiger partial charge in [-0.3, -0.25) is 9.78 Å². The summed E-state index contributed by atoms with van der Waals surface area (Å²) in [6.45, 7) is 4.12. The summed E-state index contributed by atoms with van der Waals surface area (Å²) in [5.41, 5.74) is 2.43. The lowest BCUT2D eigenvalue weighted by Crippen LogP contribution is -2.04. The molecule has 0 fully saturated rings. The van der Waals surface area contributed by atoms with Crippen LogP contribution in [0.5, 0.6) is 0 Å². The number of aromatic amines is 1. The van der Waals surface area contributed by atoms with Crippen LogP contribution in [0.1, 0.15) is 11.1 Å². The molecule has 114 valence electrons. The molecule has 0 saturated heterocycles. The molecule has 0 unspecified atom stereocenters. The number of hydrogen-bond acceptors (Lipinski definition) is 2. The van der Waals surface area contributed by atoms with Crippen LogP contribution in [0.15, 0.2) is 71.9 Å². The van der Waals surface area contributed by atoms with Crippen LogP contribution in [0.25, 0.3) is 21.5 Å². The lowest BCUT2D eigenvalue weighted by Gasteiger charge is -1.98. The number of fused-ring (bicyclic) bond motifs is 2. The largest absolute Gasteiger partial charge is 0.329 e. The molecule has 23 heavy (non-hydrogen) atoms. The minimum Gasteiger partial charge on any atom is -0.329 e. The number of nitrogens with one attached hydrogen (secondary N) is 1.